The van der Waals surface area contributed by atoms with Gasteiger partial charge in [0.05, 0.1) is 6.10 Å². The van der Waals surface area contributed by atoms with Crippen molar-refractivity contribution in [3.05, 3.63) is 47.5 Å². The molecule has 1 fully saturated rings. The van der Waals surface area contributed by atoms with Crippen molar-refractivity contribution in [2.45, 2.75) is 46.3 Å². The molecule has 1 heterocycles. The van der Waals surface area contributed by atoms with Crippen LogP contribution < -0.4 is 18.9 Å². The van der Waals surface area contributed by atoms with E-state index in [1.54, 1.807) is 24.3 Å². The molecule has 0 radical (unpaired) electrons. The Morgan fingerprint density at radius 3 is 1.88 bits per heavy atom. The van der Waals surface area contributed by atoms with Crippen molar-refractivity contribution in [1.29, 1.82) is 0 Å². The second kappa shape index (κ2) is 9.61. The molecule has 2 aromatic rings. The van der Waals surface area contributed by atoms with Gasteiger partial charge in [-0.1, -0.05) is 12.1 Å². The number of epoxide rings is 1. The Labute approximate surface area is 184 Å². The molecule has 9 nitrogen and oxygen atoms in total. The summed E-state index contributed by atoms with van der Waals surface area (Å²) in [6.45, 7) is 4.99. The predicted octanol–water partition coefficient (Wildman–Crippen LogP) is 3.07. The fourth-order valence-electron chi connectivity index (χ4n) is 3.20. The van der Waals surface area contributed by atoms with E-state index in [4.69, 9.17) is 23.7 Å². The van der Waals surface area contributed by atoms with Gasteiger partial charge in [0.2, 0.25) is 0 Å². The molecule has 0 unspecified atom stereocenters. The van der Waals surface area contributed by atoms with Gasteiger partial charge in [-0.15, -0.1) is 0 Å². The Bertz CT molecular complexity index is 1060. The third kappa shape index (κ3) is 6.14. The molecule has 1 aliphatic rings. The van der Waals surface area contributed by atoms with Crippen molar-refractivity contribution in [3.8, 4) is 23.0 Å². The first kappa shape index (κ1) is 23.0. The summed E-state index contributed by atoms with van der Waals surface area (Å²) in [6.07, 6.45) is -0.203. The standard InChI is InChI=1S/C23H22O9/c1-12(24)28-18-7-5-16(6-8-18)22-20(32-22)10-17-9-19(29-13(2)25)11-21(30-14(3)26)23(17)31-15(4)27/h5-9,11,20,22H,10H2,1-4H3/t20-,22+/m1/s1. The van der Waals surface area contributed by atoms with E-state index in [-0.39, 0.29) is 29.5 Å². The SMILES string of the molecule is CC(=O)Oc1ccc([C@@H]2O[C@@H]2Cc2cc(OC(C)=O)cc(OC(C)=O)c2OC(C)=O)cc1. The van der Waals surface area contributed by atoms with Gasteiger partial charge in [0.25, 0.3) is 0 Å². The number of carbonyl (C=O) groups is 4. The van der Waals surface area contributed by atoms with Crippen LogP contribution in [0.25, 0.3) is 0 Å². The van der Waals surface area contributed by atoms with Crippen molar-refractivity contribution < 1.29 is 42.9 Å². The van der Waals surface area contributed by atoms with Crippen molar-refractivity contribution >= 4 is 23.9 Å². The second-order valence-corrected chi connectivity index (χ2v) is 7.15. The zero-order valence-corrected chi connectivity index (χ0v) is 18.0. The van der Waals surface area contributed by atoms with Gasteiger partial charge in [-0.25, -0.2) is 0 Å². The first-order valence-electron chi connectivity index (χ1n) is 9.78. The maximum Gasteiger partial charge on any atom is 0.308 e. The summed E-state index contributed by atoms with van der Waals surface area (Å²) >= 11 is 0. The van der Waals surface area contributed by atoms with Gasteiger partial charge in [-0.05, 0) is 23.8 Å². The molecule has 32 heavy (non-hydrogen) atoms. The van der Waals surface area contributed by atoms with E-state index in [1.165, 1.54) is 39.8 Å². The van der Waals surface area contributed by atoms with Gasteiger partial charge in [0.1, 0.15) is 17.6 Å². The summed E-state index contributed by atoms with van der Waals surface area (Å²) in [6, 6.07) is 9.75. The van der Waals surface area contributed by atoms with Crippen LogP contribution in [0.15, 0.2) is 36.4 Å². The smallest absolute Gasteiger partial charge is 0.308 e. The summed E-state index contributed by atoms with van der Waals surface area (Å²) in [5.74, 6) is -1.61. The van der Waals surface area contributed by atoms with E-state index >= 15 is 0 Å². The number of rotatable bonds is 7. The Kier molecular flexibility index (Phi) is 6.89. The molecule has 0 aromatic heterocycles. The fraction of sp³-hybridized carbons (Fsp3) is 0.304. The molecule has 1 saturated heterocycles. The van der Waals surface area contributed by atoms with Gasteiger partial charge in [-0.3, -0.25) is 19.2 Å². The monoisotopic (exact) mass is 442 g/mol. The molecule has 2 aromatic carbocycles. The van der Waals surface area contributed by atoms with Crippen LogP contribution >= 0.6 is 0 Å². The van der Waals surface area contributed by atoms with Crippen LogP contribution in [0.5, 0.6) is 23.0 Å². The average Bonchev–Trinajstić information content (AvgIpc) is 3.42. The van der Waals surface area contributed by atoms with E-state index in [0.717, 1.165) is 5.56 Å². The minimum absolute atomic E-state index is 0.0376. The van der Waals surface area contributed by atoms with Crippen molar-refractivity contribution in [2.24, 2.45) is 0 Å². The van der Waals surface area contributed by atoms with E-state index < -0.39 is 23.9 Å². The molecular formula is C23H22O9. The highest BCUT2D eigenvalue weighted by Crippen LogP contribution is 2.45. The van der Waals surface area contributed by atoms with Gasteiger partial charge in [0.15, 0.2) is 11.5 Å². The maximum absolute atomic E-state index is 11.6. The predicted molar refractivity (Wildman–Crippen MR) is 109 cm³/mol. The molecule has 2 atom stereocenters. The van der Waals surface area contributed by atoms with Crippen LogP contribution in [0.4, 0.5) is 0 Å². The van der Waals surface area contributed by atoms with Crippen LogP contribution in [0.3, 0.4) is 0 Å². The molecule has 0 spiro atoms. The van der Waals surface area contributed by atoms with Crippen LogP contribution in [-0.4, -0.2) is 30.0 Å². The quantitative estimate of drug-likeness (QED) is 0.362. The topological polar surface area (TPSA) is 118 Å². The molecule has 0 aliphatic carbocycles. The van der Waals surface area contributed by atoms with Gasteiger partial charge < -0.3 is 23.7 Å². The fourth-order valence-corrected chi connectivity index (χ4v) is 3.20. The maximum atomic E-state index is 11.6. The minimum atomic E-state index is -0.627. The Morgan fingerprint density at radius 1 is 0.750 bits per heavy atom. The third-order valence-corrected chi connectivity index (χ3v) is 4.34. The van der Waals surface area contributed by atoms with Crippen molar-refractivity contribution in [1.82, 2.24) is 0 Å². The zero-order chi connectivity index (χ0) is 23.4. The first-order chi connectivity index (χ1) is 15.1. The lowest BCUT2D eigenvalue weighted by Gasteiger charge is -2.15. The highest BCUT2D eigenvalue weighted by atomic mass is 16.6. The van der Waals surface area contributed by atoms with Crippen LogP contribution in [-0.2, 0) is 30.3 Å². The van der Waals surface area contributed by atoms with Gasteiger partial charge in [0, 0.05) is 45.7 Å². The van der Waals surface area contributed by atoms with Crippen LogP contribution in [0.1, 0.15) is 44.9 Å². The Balaban J connectivity index is 1.85. The van der Waals surface area contributed by atoms with Gasteiger partial charge in [-0.2, -0.15) is 0 Å². The molecule has 0 N–H and O–H groups in total. The lowest BCUT2D eigenvalue weighted by Crippen LogP contribution is -2.11. The van der Waals surface area contributed by atoms with Crippen LogP contribution in [0.2, 0.25) is 0 Å². The summed E-state index contributed by atoms with van der Waals surface area (Å²) in [7, 11) is 0. The summed E-state index contributed by atoms with van der Waals surface area (Å²) in [5.41, 5.74) is 1.34. The largest absolute Gasteiger partial charge is 0.427 e. The normalized spacial score (nSPS) is 16.6. The molecule has 168 valence electrons. The first-order valence-corrected chi connectivity index (χ1v) is 9.78. The number of carbonyl (C=O) groups excluding carboxylic acids is 4. The summed E-state index contributed by atoms with van der Waals surface area (Å²) in [4.78, 5) is 45.6. The molecule has 3 rings (SSSR count). The Hall–Kier alpha value is -3.72. The third-order valence-electron chi connectivity index (χ3n) is 4.34. The van der Waals surface area contributed by atoms with Crippen molar-refractivity contribution in [3.63, 3.8) is 0 Å². The van der Waals surface area contributed by atoms with E-state index in [9.17, 15) is 19.2 Å². The second-order valence-electron chi connectivity index (χ2n) is 7.15. The van der Waals surface area contributed by atoms with Crippen LogP contribution in [0, 0.1) is 0 Å². The lowest BCUT2D eigenvalue weighted by molar-refractivity contribution is -0.134. The van der Waals surface area contributed by atoms with Gasteiger partial charge >= 0.3 is 23.9 Å². The van der Waals surface area contributed by atoms with E-state index in [1.807, 2.05) is 0 Å². The molecule has 0 saturated carbocycles. The number of benzene rings is 2. The minimum Gasteiger partial charge on any atom is -0.427 e. The highest BCUT2D eigenvalue weighted by Gasteiger charge is 2.41. The van der Waals surface area contributed by atoms with E-state index in [0.29, 0.717) is 17.7 Å². The number of hydrogen-bond donors (Lipinski definition) is 0. The van der Waals surface area contributed by atoms with E-state index in [2.05, 4.69) is 0 Å². The average molecular weight is 442 g/mol. The summed E-state index contributed by atoms with van der Waals surface area (Å²) < 4.78 is 26.4. The molecular weight excluding hydrogens is 420 g/mol. The number of hydrogen-bond acceptors (Lipinski definition) is 9. The molecule has 9 heteroatoms. The number of ether oxygens (including phenoxy) is 5. The highest BCUT2D eigenvalue weighted by molar-refractivity contribution is 5.76. The zero-order valence-electron chi connectivity index (χ0n) is 18.0. The lowest BCUT2D eigenvalue weighted by atomic mass is 10.0. The number of esters is 4. The Morgan fingerprint density at radius 2 is 1.31 bits per heavy atom. The molecule has 0 bridgehead atoms. The molecule has 1 aliphatic heterocycles. The summed E-state index contributed by atoms with van der Waals surface area (Å²) in [5, 5.41) is 0. The van der Waals surface area contributed by atoms with Crippen molar-refractivity contribution in [2.75, 3.05) is 0 Å². The molecule has 0 amide bonds.